The summed E-state index contributed by atoms with van der Waals surface area (Å²) in [6.45, 7) is 14.5. The standard InChI is InChI=1S/C20H39N/c1-19(2,3)15-7-11-17(12-8-15)21-18-13-9-16(10-14-18)20(4,5)6/h15-18,21H,7-14H2,1-6H3. The van der Waals surface area contributed by atoms with Crippen LogP contribution in [0.4, 0.5) is 0 Å². The van der Waals surface area contributed by atoms with E-state index in [0.29, 0.717) is 10.8 Å². The number of rotatable bonds is 2. The molecule has 2 aliphatic carbocycles. The van der Waals surface area contributed by atoms with Crippen LogP contribution in [-0.4, -0.2) is 12.1 Å². The second-order valence-corrected chi connectivity index (χ2v) is 10.00. The first-order valence-electron chi connectivity index (χ1n) is 9.42. The maximum absolute atomic E-state index is 4.00. The molecule has 1 heteroatoms. The summed E-state index contributed by atoms with van der Waals surface area (Å²) in [6.07, 6.45) is 11.3. The molecule has 0 saturated heterocycles. The lowest BCUT2D eigenvalue weighted by molar-refractivity contribution is 0.132. The molecular weight excluding hydrogens is 254 g/mol. The highest BCUT2D eigenvalue weighted by molar-refractivity contribution is 4.88. The van der Waals surface area contributed by atoms with Crippen molar-refractivity contribution >= 4 is 0 Å². The van der Waals surface area contributed by atoms with Crippen molar-refractivity contribution in [3.05, 3.63) is 0 Å². The van der Waals surface area contributed by atoms with Crippen molar-refractivity contribution in [3.8, 4) is 0 Å². The zero-order chi connectivity index (χ0) is 15.7. The Bertz CT molecular complexity index is 272. The lowest BCUT2D eigenvalue weighted by Crippen LogP contribution is -2.44. The van der Waals surface area contributed by atoms with E-state index in [1.807, 2.05) is 0 Å². The van der Waals surface area contributed by atoms with Crippen LogP contribution in [0.1, 0.15) is 92.9 Å². The maximum Gasteiger partial charge on any atom is 0.00698 e. The van der Waals surface area contributed by atoms with Crippen LogP contribution < -0.4 is 5.32 Å². The summed E-state index contributed by atoms with van der Waals surface area (Å²) in [5, 5.41) is 4.00. The molecule has 21 heavy (non-hydrogen) atoms. The quantitative estimate of drug-likeness (QED) is 0.680. The van der Waals surface area contributed by atoms with Crippen LogP contribution in [0.5, 0.6) is 0 Å². The predicted molar refractivity (Wildman–Crippen MR) is 93.5 cm³/mol. The van der Waals surface area contributed by atoms with E-state index in [4.69, 9.17) is 0 Å². The lowest BCUT2D eigenvalue weighted by Gasteiger charge is -2.41. The lowest BCUT2D eigenvalue weighted by atomic mass is 9.70. The van der Waals surface area contributed by atoms with E-state index in [0.717, 1.165) is 23.9 Å². The first-order valence-corrected chi connectivity index (χ1v) is 9.42. The van der Waals surface area contributed by atoms with Gasteiger partial charge >= 0.3 is 0 Å². The molecule has 0 aliphatic heterocycles. The SMILES string of the molecule is CC(C)(C)C1CCC(NC2CCC(C(C)(C)C)CC2)CC1. The smallest absolute Gasteiger partial charge is 0.00698 e. The van der Waals surface area contributed by atoms with Crippen molar-refractivity contribution in [2.45, 2.75) is 105 Å². The Morgan fingerprint density at radius 3 is 1.05 bits per heavy atom. The van der Waals surface area contributed by atoms with E-state index in [-0.39, 0.29) is 0 Å². The number of hydrogen-bond donors (Lipinski definition) is 1. The van der Waals surface area contributed by atoms with E-state index in [1.54, 1.807) is 0 Å². The average Bonchev–Trinajstić information content (AvgIpc) is 2.38. The number of nitrogens with one attached hydrogen (secondary N) is 1. The first kappa shape index (κ1) is 17.3. The van der Waals surface area contributed by atoms with Gasteiger partial charge in [0.25, 0.3) is 0 Å². The van der Waals surface area contributed by atoms with E-state index in [1.165, 1.54) is 51.4 Å². The topological polar surface area (TPSA) is 12.0 Å². The molecule has 0 bridgehead atoms. The van der Waals surface area contributed by atoms with Gasteiger partial charge in [0.2, 0.25) is 0 Å². The predicted octanol–water partition coefficient (Wildman–Crippen LogP) is 5.79. The van der Waals surface area contributed by atoms with Crippen LogP contribution in [0.2, 0.25) is 0 Å². The molecule has 1 N–H and O–H groups in total. The Hall–Kier alpha value is -0.0400. The Morgan fingerprint density at radius 2 is 0.810 bits per heavy atom. The van der Waals surface area contributed by atoms with E-state index in [2.05, 4.69) is 46.9 Å². The summed E-state index contributed by atoms with van der Waals surface area (Å²) in [5.74, 6) is 1.87. The highest BCUT2D eigenvalue weighted by atomic mass is 15.0. The number of hydrogen-bond acceptors (Lipinski definition) is 1. The molecule has 1 nitrogen and oxygen atoms in total. The molecule has 124 valence electrons. The highest BCUT2D eigenvalue weighted by Gasteiger charge is 2.33. The second kappa shape index (κ2) is 6.60. The van der Waals surface area contributed by atoms with Crippen LogP contribution in [0.3, 0.4) is 0 Å². The summed E-state index contributed by atoms with van der Waals surface area (Å²) in [5.41, 5.74) is 1.02. The Labute approximate surface area is 133 Å². The van der Waals surface area contributed by atoms with Crippen molar-refractivity contribution in [3.63, 3.8) is 0 Å². The van der Waals surface area contributed by atoms with Crippen LogP contribution in [0.15, 0.2) is 0 Å². The third kappa shape index (κ3) is 4.98. The molecule has 2 saturated carbocycles. The van der Waals surface area contributed by atoms with Gasteiger partial charge in [0, 0.05) is 12.1 Å². The molecule has 0 amide bonds. The largest absolute Gasteiger partial charge is 0.311 e. The Morgan fingerprint density at radius 1 is 0.524 bits per heavy atom. The fraction of sp³-hybridized carbons (Fsp3) is 1.00. The minimum Gasteiger partial charge on any atom is -0.311 e. The molecule has 0 radical (unpaired) electrons. The second-order valence-electron chi connectivity index (χ2n) is 10.00. The summed E-state index contributed by atoms with van der Waals surface area (Å²) in [6, 6.07) is 1.61. The van der Waals surface area contributed by atoms with Gasteiger partial charge in [-0.2, -0.15) is 0 Å². The van der Waals surface area contributed by atoms with Gasteiger partial charge in [-0.1, -0.05) is 41.5 Å². The third-order valence-electron chi connectivity index (χ3n) is 6.38. The maximum atomic E-state index is 4.00. The van der Waals surface area contributed by atoms with E-state index in [9.17, 15) is 0 Å². The average molecular weight is 294 g/mol. The fourth-order valence-corrected chi connectivity index (χ4v) is 4.59. The Balaban J connectivity index is 1.71. The van der Waals surface area contributed by atoms with Crippen molar-refractivity contribution < 1.29 is 0 Å². The molecule has 2 rings (SSSR count). The zero-order valence-corrected chi connectivity index (χ0v) is 15.5. The normalized spacial score (nSPS) is 35.7. The van der Waals surface area contributed by atoms with Gasteiger partial charge in [-0.05, 0) is 74.0 Å². The van der Waals surface area contributed by atoms with E-state index < -0.39 is 0 Å². The molecule has 0 aromatic carbocycles. The van der Waals surface area contributed by atoms with Crippen LogP contribution >= 0.6 is 0 Å². The molecule has 0 atom stereocenters. The van der Waals surface area contributed by atoms with Gasteiger partial charge in [0.1, 0.15) is 0 Å². The summed E-state index contributed by atoms with van der Waals surface area (Å²) in [4.78, 5) is 0. The van der Waals surface area contributed by atoms with Crippen LogP contribution in [-0.2, 0) is 0 Å². The molecule has 0 unspecified atom stereocenters. The zero-order valence-electron chi connectivity index (χ0n) is 15.5. The summed E-state index contributed by atoms with van der Waals surface area (Å²) in [7, 11) is 0. The fourth-order valence-electron chi connectivity index (χ4n) is 4.59. The Kier molecular flexibility index (Phi) is 5.45. The molecule has 0 spiro atoms. The van der Waals surface area contributed by atoms with Gasteiger partial charge in [0.05, 0.1) is 0 Å². The minimum absolute atomic E-state index is 0.510. The molecule has 0 heterocycles. The van der Waals surface area contributed by atoms with Gasteiger partial charge in [-0.3, -0.25) is 0 Å². The van der Waals surface area contributed by atoms with Crippen LogP contribution in [0.25, 0.3) is 0 Å². The summed E-state index contributed by atoms with van der Waals surface area (Å²) >= 11 is 0. The first-order chi connectivity index (χ1) is 9.66. The van der Waals surface area contributed by atoms with Gasteiger partial charge in [-0.25, -0.2) is 0 Å². The highest BCUT2D eigenvalue weighted by Crippen LogP contribution is 2.40. The van der Waals surface area contributed by atoms with Crippen molar-refractivity contribution in [1.82, 2.24) is 5.32 Å². The van der Waals surface area contributed by atoms with Gasteiger partial charge < -0.3 is 5.32 Å². The molecule has 0 aromatic heterocycles. The van der Waals surface area contributed by atoms with Crippen molar-refractivity contribution in [2.24, 2.45) is 22.7 Å². The molecule has 2 fully saturated rings. The van der Waals surface area contributed by atoms with Crippen LogP contribution in [0, 0.1) is 22.7 Å². The van der Waals surface area contributed by atoms with Crippen molar-refractivity contribution in [1.29, 1.82) is 0 Å². The van der Waals surface area contributed by atoms with Crippen molar-refractivity contribution in [2.75, 3.05) is 0 Å². The van der Waals surface area contributed by atoms with E-state index >= 15 is 0 Å². The summed E-state index contributed by atoms with van der Waals surface area (Å²) < 4.78 is 0. The minimum atomic E-state index is 0.510. The molecule has 0 aromatic rings. The van der Waals surface area contributed by atoms with Gasteiger partial charge in [0.15, 0.2) is 0 Å². The molecule has 2 aliphatic rings. The molecular formula is C20H39N. The van der Waals surface area contributed by atoms with Gasteiger partial charge in [-0.15, -0.1) is 0 Å². The third-order valence-corrected chi connectivity index (χ3v) is 6.38. The monoisotopic (exact) mass is 293 g/mol.